The van der Waals surface area contributed by atoms with Crippen LogP contribution in [0.5, 0.6) is 5.75 Å². The van der Waals surface area contributed by atoms with Crippen molar-refractivity contribution in [1.29, 1.82) is 0 Å². The first-order valence-electron chi connectivity index (χ1n) is 11.9. The van der Waals surface area contributed by atoms with Gasteiger partial charge < -0.3 is 14.8 Å². The molecule has 33 heavy (non-hydrogen) atoms. The van der Waals surface area contributed by atoms with E-state index in [0.29, 0.717) is 8.58 Å². The van der Waals surface area contributed by atoms with Gasteiger partial charge in [-0.2, -0.15) is 0 Å². The molecule has 3 nitrogen and oxygen atoms in total. The molecule has 176 valence electrons. The molecule has 0 fully saturated rings. The Morgan fingerprint density at radius 1 is 0.818 bits per heavy atom. The highest BCUT2D eigenvalue weighted by Crippen LogP contribution is 2.51. The first kappa shape index (κ1) is 25.4. The molecule has 1 unspecified atom stereocenters. The Kier molecular flexibility index (Phi) is 9.50. The van der Waals surface area contributed by atoms with Crippen molar-refractivity contribution < 1.29 is 9.47 Å². The third-order valence-electron chi connectivity index (χ3n) is 6.47. The molecule has 0 aliphatic heterocycles. The van der Waals surface area contributed by atoms with E-state index in [2.05, 4.69) is 99.7 Å². The largest absolute Gasteiger partial charge is 0.467 e. The molecule has 4 heteroatoms. The van der Waals surface area contributed by atoms with Gasteiger partial charge in [-0.25, -0.2) is 0 Å². The van der Waals surface area contributed by atoms with E-state index in [1.165, 1.54) is 27.6 Å². The summed E-state index contributed by atoms with van der Waals surface area (Å²) in [5, 5.41) is 5.16. The summed E-state index contributed by atoms with van der Waals surface area (Å²) in [6.45, 7) is 11.0. The summed E-state index contributed by atoms with van der Waals surface area (Å²) in [4.78, 5) is 0. The second kappa shape index (κ2) is 12.3. The summed E-state index contributed by atoms with van der Waals surface area (Å²) in [7, 11) is 2.33. The number of nitrogens with one attached hydrogen (secondary N) is 1. The number of methoxy groups -OCH3 is 1. The lowest BCUT2D eigenvalue weighted by Gasteiger charge is -2.35. The maximum atomic E-state index is 6.11. The summed E-state index contributed by atoms with van der Waals surface area (Å²) in [5.74, 6) is 0.980. The molecule has 0 spiro atoms. The second-order valence-corrected chi connectivity index (χ2v) is 10.3. The molecular formula is C29H38NO2P. The van der Waals surface area contributed by atoms with Crippen molar-refractivity contribution in [3.63, 3.8) is 0 Å². The van der Waals surface area contributed by atoms with Crippen molar-refractivity contribution in [2.75, 3.05) is 13.9 Å². The van der Waals surface area contributed by atoms with Gasteiger partial charge in [-0.15, -0.1) is 0 Å². The van der Waals surface area contributed by atoms with Crippen molar-refractivity contribution in [2.24, 2.45) is 0 Å². The zero-order valence-corrected chi connectivity index (χ0v) is 21.7. The molecule has 3 aromatic rings. The van der Waals surface area contributed by atoms with E-state index in [0.717, 1.165) is 37.2 Å². The molecule has 0 saturated carbocycles. The Morgan fingerprint density at radius 3 is 2.21 bits per heavy atom. The molecule has 0 saturated heterocycles. The number of aryl methyl sites for hydroxylation is 2. The molecule has 0 aromatic heterocycles. The highest BCUT2D eigenvalue weighted by Gasteiger charge is 2.33. The van der Waals surface area contributed by atoms with Crippen LogP contribution in [0.2, 0.25) is 0 Å². The summed E-state index contributed by atoms with van der Waals surface area (Å²) < 4.78 is 11.4. The van der Waals surface area contributed by atoms with Crippen LogP contribution in [0.3, 0.4) is 0 Å². The van der Waals surface area contributed by atoms with Crippen LogP contribution in [0.4, 0.5) is 0 Å². The summed E-state index contributed by atoms with van der Waals surface area (Å²) in [5.41, 5.74) is 6.53. The molecule has 0 aliphatic rings. The topological polar surface area (TPSA) is 30.5 Å². The maximum Gasteiger partial charge on any atom is 0.188 e. The zero-order chi connectivity index (χ0) is 23.7. The lowest BCUT2D eigenvalue weighted by molar-refractivity contribution is 0.0494. The van der Waals surface area contributed by atoms with Crippen molar-refractivity contribution in [3.8, 4) is 5.75 Å². The van der Waals surface area contributed by atoms with Crippen molar-refractivity contribution >= 4 is 13.9 Å². The lowest BCUT2D eigenvalue weighted by Crippen LogP contribution is -2.27. The van der Waals surface area contributed by atoms with E-state index in [1.54, 1.807) is 7.11 Å². The van der Waals surface area contributed by atoms with Crippen LogP contribution in [-0.4, -0.2) is 13.9 Å². The molecule has 1 N–H and O–H groups in total. The van der Waals surface area contributed by atoms with E-state index < -0.39 is 0 Å². The quantitative estimate of drug-likeness (QED) is 0.243. The number of para-hydroxylation sites is 1. The monoisotopic (exact) mass is 463 g/mol. The van der Waals surface area contributed by atoms with E-state index in [4.69, 9.17) is 9.47 Å². The smallest absolute Gasteiger partial charge is 0.188 e. The lowest BCUT2D eigenvalue weighted by atomic mass is 9.90. The van der Waals surface area contributed by atoms with Crippen LogP contribution in [0.25, 0.3) is 0 Å². The third kappa shape index (κ3) is 6.23. The average molecular weight is 464 g/mol. The molecule has 3 aromatic carbocycles. The standard InChI is InChI=1S/C29H38NO2P/c1-6-29(7-2,26-18-12-13-22(3)27(26)32-21-31-5)33-28-23(4)14-11-17-25(28)20-30-19-24-15-9-8-10-16-24/h8-18,30,33H,6-7,19-21H2,1-5H3. The number of rotatable bonds is 12. The Morgan fingerprint density at radius 2 is 1.52 bits per heavy atom. The van der Waals surface area contributed by atoms with Crippen LogP contribution < -0.4 is 15.4 Å². The first-order valence-corrected chi connectivity index (χ1v) is 12.9. The van der Waals surface area contributed by atoms with Crippen LogP contribution in [0, 0.1) is 13.8 Å². The Bertz CT molecular complexity index is 1020. The van der Waals surface area contributed by atoms with E-state index in [1.807, 2.05) is 0 Å². The normalized spacial score (nSPS) is 11.9. The minimum atomic E-state index is 0.0232. The number of hydrogen-bond acceptors (Lipinski definition) is 3. The van der Waals surface area contributed by atoms with Gasteiger partial charge >= 0.3 is 0 Å². The number of benzene rings is 3. The van der Waals surface area contributed by atoms with Gasteiger partial charge in [0, 0.05) is 30.9 Å². The van der Waals surface area contributed by atoms with Crippen molar-refractivity contribution in [2.45, 2.75) is 58.8 Å². The van der Waals surface area contributed by atoms with E-state index >= 15 is 0 Å². The predicted octanol–water partition coefficient (Wildman–Crippen LogP) is 6.60. The van der Waals surface area contributed by atoms with Crippen LogP contribution in [-0.2, 0) is 23.0 Å². The van der Waals surface area contributed by atoms with Gasteiger partial charge in [-0.3, -0.25) is 0 Å². The van der Waals surface area contributed by atoms with Gasteiger partial charge in [0.1, 0.15) is 5.75 Å². The van der Waals surface area contributed by atoms with Crippen LogP contribution in [0.1, 0.15) is 54.5 Å². The fourth-order valence-corrected chi connectivity index (χ4v) is 6.22. The SMILES string of the molecule is CCC(CC)(Pc1c(C)cccc1CNCc1ccccc1)c1cccc(C)c1OCOC. The molecule has 0 aliphatic carbocycles. The fraction of sp³-hybridized carbons (Fsp3) is 0.379. The molecule has 1 atom stereocenters. The average Bonchev–Trinajstić information content (AvgIpc) is 2.84. The molecule has 0 amide bonds. The summed E-state index contributed by atoms with van der Waals surface area (Å²) in [6.07, 6.45) is 2.11. The molecule has 0 heterocycles. The van der Waals surface area contributed by atoms with Gasteiger partial charge in [0.05, 0.1) is 0 Å². The minimum absolute atomic E-state index is 0.0232. The van der Waals surface area contributed by atoms with Gasteiger partial charge in [0.25, 0.3) is 0 Å². The molecular weight excluding hydrogens is 425 g/mol. The molecule has 0 bridgehead atoms. The van der Waals surface area contributed by atoms with Crippen LogP contribution in [0.15, 0.2) is 66.7 Å². The van der Waals surface area contributed by atoms with Gasteiger partial charge in [-0.1, -0.05) is 89.2 Å². The Labute approximate surface area is 201 Å². The summed E-state index contributed by atoms with van der Waals surface area (Å²) >= 11 is 0. The molecule has 0 radical (unpaired) electrons. The fourth-order valence-electron chi connectivity index (χ4n) is 4.45. The minimum Gasteiger partial charge on any atom is -0.467 e. The van der Waals surface area contributed by atoms with Crippen LogP contribution >= 0.6 is 8.58 Å². The highest BCUT2D eigenvalue weighted by atomic mass is 31.1. The third-order valence-corrected chi connectivity index (χ3v) is 8.89. The number of hydrogen-bond donors (Lipinski definition) is 1. The van der Waals surface area contributed by atoms with Crippen molar-refractivity contribution in [3.05, 3.63) is 94.5 Å². The summed E-state index contributed by atoms with van der Waals surface area (Å²) in [6, 6.07) is 23.8. The predicted molar refractivity (Wildman–Crippen MR) is 142 cm³/mol. The van der Waals surface area contributed by atoms with E-state index in [9.17, 15) is 0 Å². The first-order chi connectivity index (χ1) is 16.0. The van der Waals surface area contributed by atoms with Gasteiger partial charge in [-0.05, 0) is 54.2 Å². The van der Waals surface area contributed by atoms with Gasteiger partial charge in [0.15, 0.2) is 6.79 Å². The molecule has 3 rings (SSSR count). The van der Waals surface area contributed by atoms with Crippen molar-refractivity contribution in [1.82, 2.24) is 5.32 Å². The number of ether oxygens (including phenoxy) is 2. The Balaban J connectivity index is 1.92. The zero-order valence-electron chi connectivity index (χ0n) is 20.7. The highest BCUT2D eigenvalue weighted by molar-refractivity contribution is 7.48. The van der Waals surface area contributed by atoms with E-state index in [-0.39, 0.29) is 11.9 Å². The van der Waals surface area contributed by atoms with Gasteiger partial charge in [0.2, 0.25) is 0 Å². The second-order valence-electron chi connectivity index (χ2n) is 8.61. The Hall–Kier alpha value is -2.19. The maximum absolute atomic E-state index is 6.11.